The van der Waals surface area contributed by atoms with Gasteiger partial charge in [0.1, 0.15) is 0 Å². The van der Waals surface area contributed by atoms with Crippen LogP contribution in [0.4, 0.5) is 0 Å². The van der Waals surface area contributed by atoms with E-state index in [1.165, 1.54) is 141 Å². The number of nitrogens with one attached hydrogen (secondary N) is 3. The Balaban J connectivity index is 0. The van der Waals surface area contributed by atoms with Gasteiger partial charge in [-0.25, -0.2) is 0 Å². The van der Waals surface area contributed by atoms with Crippen molar-refractivity contribution in [2.24, 2.45) is 0 Å². The van der Waals surface area contributed by atoms with Crippen molar-refractivity contribution in [3.05, 3.63) is 24.3 Å². The molecule has 0 aromatic rings. The van der Waals surface area contributed by atoms with Crippen LogP contribution >= 0.6 is 0 Å². The van der Waals surface area contributed by atoms with Crippen molar-refractivity contribution in [1.82, 2.24) is 16.0 Å². The fraction of sp³-hybridized carbons (Fsp3) is 0.833. The van der Waals surface area contributed by atoms with Crippen LogP contribution in [-0.4, -0.2) is 49.1 Å². The van der Waals surface area contributed by atoms with Gasteiger partial charge in [0.15, 0.2) is 0 Å². The zero-order valence-electron chi connectivity index (χ0n) is 32.6. The molecule has 0 saturated carbocycles. The maximum absolute atomic E-state index is 12.0. The van der Waals surface area contributed by atoms with Gasteiger partial charge in [0, 0.05) is 45.9 Å². The summed E-state index contributed by atoms with van der Waals surface area (Å²) in [6, 6.07) is 0. The summed E-state index contributed by atoms with van der Waals surface area (Å²) in [6.07, 6.45) is 43.9. The molecule has 0 bridgehead atoms. The SMILES string of the molecule is CC(=O)O.CCCCCCCC/C=C/CCCCCCCC(=O)NCCNCCNC(=O)CCCCCCC/C=C/CCCCCCCC. The largest absolute Gasteiger partial charge is 0.481 e. The van der Waals surface area contributed by atoms with Crippen LogP contribution in [0, 0.1) is 0 Å². The van der Waals surface area contributed by atoms with Gasteiger partial charge in [0.25, 0.3) is 5.97 Å². The van der Waals surface area contributed by atoms with Crippen molar-refractivity contribution in [3.63, 3.8) is 0 Å². The number of rotatable bonds is 36. The lowest BCUT2D eigenvalue weighted by Crippen LogP contribution is -2.36. The summed E-state index contributed by atoms with van der Waals surface area (Å²) >= 11 is 0. The number of allylic oxidation sites excluding steroid dienone is 4. The van der Waals surface area contributed by atoms with Crippen molar-refractivity contribution >= 4 is 17.8 Å². The molecule has 288 valence electrons. The highest BCUT2D eigenvalue weighted by Gasteiger charge is 2.02. The minimum absolute atomic E-state index is 0.155. The average molecular weight is 692 g/mol. The molecule has 7 nitrogen and oxygen atoms in total. The van der Waals surface area contributed by atoms with Gasteiger partial charge < -0.3 is 21.1 Å². The predicted molar refractivity (Wildman–Crippen MR) is 211 cm³/mol. The van der Waals surface area contributed by atoms with E-state index in [9.17, 15) is 9.59 Å². The Hall–Kier alpha value is -2.15. The zero-order valence-corrected chi connectivity index (χ0v) is 32.6. The molecule has 0 fully saturated rings. The number of aliphatic carboxylic acids is 1. The Labute approximate surface area is 303 Å². The summed E-state index contributed by atoms with van der Waals surface area (Å²) in [5.74, 6) is -0.523. The van der Waals surface area contributed by atoms with Crippen LogP contribution in [0.2, 0.25) is 0 Å². The lowest BCUT2D eigenvalue weighted by Gasteiger charge is -2.08. The number of amides is 2. The maximum Gasteiger partial charge on any atom is 0.300 e. The summed E-state index contributed by atoms with van der Waals surface area (Å²) in [5.41, 5.74) is 0. The molecule has 0 aromatic carbocycles. The molecule has 0 aliphatic carbocycles. The maximum atomic E-state index is 12.0. The fourth-order valence-electron chi connectivity index (χ4n) is 5.59. The minimum atomic E-state index is -0.833. The van der Waals surface area contributed by atoms with Crippen molar-refractivity contribution < 1.29 is 19.5 Å². The van der Waals surface area contributed by atoms with E-state index in [2.05, 4.69) is 54.1 Å². The Morgan fingerprint density at radius 3 is 1.00 bits per heavy atom. The van der Waals surface area contributed by atoms with E-state index in [0.29, 0.717) is 25.9 Å². The molecule has 0 radical (unpaired) electrons. The molecule has 0 aliphatic heterocycles. The van der Waals surface area contributed by atoms with E-state index in [4.69, 9.17) is 9.90 Å². The van der Waals surface area contributed by atoms with Crippen LogP contribution in [0.3, 0.4) is 0 Å². The lowest BCUT2D eigenvalue weighted by atomic mass is 10.1. The summed E-state index contributed by atoms with van der Waals surface area (Å²) in [7, 11) is 0. The summed E-state index contributed by atoms with van der Waals surface area (Å²) in [5, 5.41) is 16.7. The van der Waals surface area contributed by atoms with Crippen molar-refractivity contribution in [1.29, 1.82) is 0 Å². The van der Waals surface area contributed by atoms with E-state index < -0.39 is 5.97 Å². The topological polar surface area (TPSA) is 108 Å². The quantitative estimate of drug-likeness (QED) is 0.0386. The van der Waals surface area contributed by atoms with Gasteiger partial charge in [-0.05, 0) is 64.2 Å². The van der Waals surface area contributed by atoms with Crippen LogP contribution in [0.5, 0.6) is 0 Å². The molecule has 0 saturated heterocycles. The van der Waals surface area contributed by atoms with Crippen LogP contribution < -0.4 is 16.0 Å². The Morgan fingerprint density at radius 2 is 0.694 bits per heavy atom. The first-order valence-corrected chi connectivity index (χ1v) is 20.7. The molecule has 2 amide bonds. The van der Waals surface area contributed by atoms with E-state index in [1.807, 2.05) is 0 Å². The third-order valence-electron chi connectivity index (χ3n) is 8.58. The molecule has 0 heterocycles. The monoisotopic (exact) mass is 692 g/mol. The van der Waals surface area contributed by atoms with E-state index >= 15 is 0 Å². The highest BCUT2D eigenvalue weighted by atomic mass is 16.4. The number of hydrogen-bond acceptors (Lipinski definition) is 4. The van der Waals surface area contributed by atoms with Gasteiger partial charge in [-0.1, -0.05) is 141 Å². The zero-order chi connectivity index (χ0) is 36.3. The van der Waals surface area contributed by atoms with E-state index in [-0.39, 0.29) is 11.8 Å². The number of carboxylic acids is 1. The average Bonchev–Trinajstić information content (AvgIpc) is 3.07. The van der Waals surface area contributed by atoms with Crippen LogP contribution in [-0.2, 0) is 14.4 Å². The van der Waals surface area contributed by atoms with Gasteiger partial charge in [-0.2, -0.15) is 0 Å². The third kappa shape index (κ3) is 50.3. The van der Waals surface area contributed by atoms with Crippen molar-refractivity contribution in [2.75, 3.05) is 26.2 Å². The minimum Gasteiger partial charge on any atom is -0.481 e. The van der Waals surface area contributed by atoms with Gasteiger partial charge in [0.2, 0.25) is 11.8 Å². The third-order valence-corrected chi connectivity index (χ3v) is 8.58. The second-order valence-corrected chi connectivity index (χ2v) is 13.6. The molecule has 7 heteroatoms. The highest BCUT2D eigenvalue weighted by molar-refractivity contribution is 5.76. The standard InChI is InChI=1S/C40H77N3O2.C2H4O2/c1-3-5-7-9-11-13-15-17-19-21-23-25-27-29-31-33-39(44)42-37-35-41-36-38-43-40(45)34-32-30-28-26-24-22-20-18-16-14-12-10-8-6-4-2;1-2(3)4/h17-20,41H,3-16,21-38H2,1-2H3,(H,42,44)(H,43,45);1H3,(H,3,4)/b19-17+,20-18+;. The summed E-state index contributed by atoms with van der Waals surface area (Å²) < 4.78 is 0. The predicted octanol–water partition coefficient (Wildman–Crippen LogP) is 11.0. The normalized spacial score (nSPS) is 11.2. The van der Waals surface area contributed by atoms with Crippen LogP contribution in [0.1, 0.15) is 201 Å². The molecule has 49 heavy (non-hydrogen) atoms. The van der Waals surface area contributed by atoms with E-state index in [1.54, 1.807) is 0 Å². The van der Waals surface area contributed by atoms with Crippen molar-refractivity contribution in [2.45, 2.75) is 201 Å². The number of carbonyl (C=O) groups excluding carboxylic acids is 2. The smallest absolute Gasteiger partial charge is 0.300 e. The second-order valence-electron chi connectivity index (χ2n) is 13.6. The first kappa shape index (κ1) is 49.0. The lowest BCUT2D eigenvalue weighted by molar-refractivity contribution is -0.134. The molecule has 0 aliphatic rings. The van der Waals surface area contributed by atoms with Gasteiger partial charge >= 0.3 is 0 Å². The molecule has 0 unspecified atom stereocenters. The van der Waals surface area contributed by atoms with E-state index in [0.717, 1.165) is 45.7 Å². The summed E-state index contributed by atoms with van der Waals surface area (Å²) in [4.78, 5) is 33.1. The summed E-state index contributed by atoms with van der Waals surface area (Å²) in [6.45, 7) is 8.39. The molecular weight excluding hydrogens is 610 g/mol. The second kappa shape index (κ2) is 43.9. The molecular formula is C42H81N3O4. The number of hydrogen-bond donors (Lipinski definition) is 4. The van der Waals surface area contributed by atoms with Gasteiger partial charge in [0.05, 0.1) is 0 Å². The molecule has 0 aromatic heterocycles. The Bertz CT molecular complexity index is 709. The number of carbonyl (C=O) groups is 3. The van der Waals surface area contributed by atoms with Gasteiger partial charge in [-0.3, -0.25) is 14.4 Å². The van der Waals surface area contributed by atoms with Crippen molar-refractivity contribution in [3.8, 4) is 0 Å². The number of carboxylic acid groups (broad SMARTS) is 1. The van der Waals surface area contributed by atoms with Crippen LogP contribution in [0.25, 0.3) is 0 Å². The first-order chi connectivity index (χ1) is 23.9. The highest BCUT2D eigenvalue weighted by Crippen LogP contribution is 2.11. The van der Waals surface area contributed by atoms with Crippen LogP contribution in [0.15, 0.2) is 24.3 Å². The fourth-order valence-corrected chi connectivity index (χ4v) is 5.59. The van der Waals surface area contributed by atoms with Gasteiger partial charge in [-0.15, -0.1) is 0 Å². The number of unbranched alkanes of at least 4 members (excludes halogenated alkanes) is 22. The molecule has 0 rings (SSSR count). The molecule has 0 atom stereocenters. The Kier molecular flexibility index (Phi) is 43.8. The molecule has 4 N–H and O–H groups in total. The Morgan fingerprint density at radius 1 is 0.429 bits per heavy atom. The first-order valence-electron chi connectivity index (χ1n) is 20.7. The molecule has 0 spiro atoms.